The third kappa shape index (κ3) is 5.80. The smallest absolute Gasteiger partial charge is 0.333 e. The number of fused-ring (bicyclic) bond motifs is 1. The molecule has 2 aliphatic rings. The standard InChI is InChI=1S/C22H32O5/c1-15(2)16-8-10-17(20(23)25-4)7-6-14-22(3)19(27-22)13-12-18(11-9-16)21(24)26-5/h7,9,11,15,19H,6,8,10,12-14H2,1-5H3/b16-9+,17-7-,18-11-/t19-,22-/m0/s1. The molecular formula is C22H32O5. The summed E-state index contributed by atoms with van der Waals surface area (Å²) in [6, 6.07) is 0. The van der Waals surface area contributed by atoms with Crippen LogP contribution in [0.15, 0.2) is 34.9 Å². The van der Waals surface area contributed by atoms with E-state index in [4.69, 9.17) is 14.2 Å². The van der Waals surface area contributed by atoms with Gasteiger partial charge in [-0.05, 0) is 51.4 Å². The largest absolute Gasteiger partial charge is 0.466 e. The quantitative estimate of drug-likeness (QED) is 0.543. The average molecular weight is 376 g/mol. The lowest BCUT2D eigenvalue weighted by Gasteiger charge is -2.13. The molecule has 1 aliphatic carbocycles. The van der Waals surface area contributed by atoms with Crippen LogP contribution in [0.1, 0.15) is 59.3 Å². The maximum absolute atomic E-state index is 12.1. The molecule has 0 radical (unpaired) electrons. The van der Waals surface area contributed by atoms with Crippen LogP contribution in [-0.2, 0) is 23.8 Å². The Kier molecular flexibility index (Phi) is 7.42. The van der Waals surface area contributed by atoms with Crippen molar-refractivity contribution in [1.82, 2.24) is 0 Å². The number of rotatable bonds is 3. The molecule has 2 atom stereocenters. The summed E-state index contributed by atoms with van der Waals surface area (Å²) in [6.45, 7) is 6.32. The first kappa shape index (κ1) is 21.4. The Balaban J connectivity index is 2.31. The van der Waals surface area contributed by atoms with Crippen LogP contribution in [0, 0.1) is 5.92 Å². The van der Waals surface area contributed by atoms with Crippen molar-refractivity contribution in [3.8, 4) is 0 Å². The summed E-state index contributed by atoms with van der Waals surface area (Å²) in [5.74, 6) is -0.240. The number of epoxide rings is 1. The molecule has 0 aromatic carbocycles. The minimum Gasteiger partial charge on any atom is -0.466 e. The van der Waals surface area contributed by atoms with Crippen molar-refractivity contribution in [2.45, 2.75) is 71.0 Å². The molecule has 27 heavy (non-hydrogen) atoms. The molecule has 1 heterocycles. The first-order valence-electron chi connectivity index (χ1n) is 9.73. The van der Waals surface area contributed by atoms with Gasteiger partial charge >= 0.3 is 11.9 Å². The third-order valence-corrected chi connectivity index (χ3v) is 5.56. The van der Waals surface area contributed by atoms with Crippen molar-refractivity contribution in [2.24, 2.45) is 5.92 Å². The van der Waals surface area contributed by atoms with E-state index in [0.29, 0.717) is 29.9 Å². The molecule has 5 heteroatoms. The maximum Gasteiger partial charge on any atom is 0.333 e. The highest BCUT2D eigenvalue weighted by Gasteiger charge is 2.50. The van der Waals surface area contributed by atoms with Crippen molar-refractivity contribution < 1.29 is 23.8 Å². The lowest BCUT2D eigenvalue weighted by atomic mass is 9.92. The molecule has 5 nitrogen and oxygen atoms in total. The van der Waals surface area contributed by atoms with Crippen LogP contribution < -0.4 is 0 Å². The number of ether oxygens (including phenoxy) is 3. The lowest BCUT2D eigenvalue weighted by Crippen LogP contribution is -2.12. The Morgan fingerprint density at radius 2 is 1.74 bits per heavy atom. The van der Waals surface area contributed by atoms with Gasteiger partial charge < -0.3 is 14.2 Å². The Hall–Kier alpha value is -1.88. The molecule has 0 aromatic rings. The van der Waals surface area contributed by atoms with Gasteiger partial charge in [-0.3, -0.25) is 0 Å². The second-order valence-corrected chi connectivity index (χ2v) is 7.80. The molecule has 0 spiro atoms. The van der Waals surface area contributed by atoms with E-state index < -0.39 is 0 Å². The van der Waals surface area contributed by atoms with Gasteiger partial charge in [0.25, 0.3) is 0 Å². The fourth-order valence-electron chi connectivity index (χ4n) is 3.55. The minimum absolute atomic E-state index is 0.136. The third-order valence-electron chi connectivity index (χ3n) is 5.56. The highest BCUT2D eigenvalue weighted by Crippen LogP contribution is 2.43. The molecular weight excluding hydrogens is 344 g/mol. The van der Waals surface area contributed by atoms with Gasteiger partial charge in [0.05, 0.1) is 25.9 Å². The monoisotopic (exact) mass is 376 g/mol. The summed E-state index contributed by atoms with van der Waals surface area (Å²) < 4.78 is 15.8. The summed E-state index contributed by atoms with van der Waals surface area (Å²) in [5.41, 5.74) is 2.38. The van der Waals surface area contributed by atoms with E-state index in [9.17, 15) is 9.59 Å². The number of methoxy groups -OCH3 is 2. The lowest BCUT2D eigenvalue weighted by molar-refractivity contribution is -0.137. The predicted molar refractivity (Wildman–Crippen MR) is 104 cm³/mol. The number of carbonyl (C=O) groups is 2. The molecule has 1 saturated heterocycles. The van der Waals surface area contributed by atoms with Crippen LogP contribution in [0.4, 0.5) is 0 Å². The molecule has 1 aliphatic heterocycles. The zero-order valence-corrected chi connectivity index (χ0v) is 17.2. The maximum atomic E-state index is 12.1. The van der Waals surface area contributed by atoms with Crippen LogP contribution in [0.5, 0.6) is 0 Å². The average Bonchev–Trinajstić information content (AvgIpc) is 3.30. The van der Waals surface area contributed by atoms with Crippen LogP contribution in [0.25, 0.3) is 0 Å². The number of hydrogen-bond donors (Lipinski definition) is 0. The Bertz CT molecular complexity index is 656. The summed E-state index contributed by atoms with van der Waals surface area (Å²) >= 11 is 0. The summed E-state index contributed by atoms with van der Waals surface area (Å²) in [7, 11) is 2.83. The van der Waals surface area contributed by atoms with Gasteiger partial charge in [0.2, 0.25) is 0 Å². The Labute approximate surface area is 162 Å². The van der Waals surface area contributed by atoms with Crippen LogP contribution >= 0.6 is 0 Å². The zero-order valence-electron chi connectivity index (χ0n) is 17.2. The molecule has 0 amide bonds. The van der Waals surface area contributed by atoms with Crippen LogP contribution in [0.2, 0.25) is 0 Å². The SMILES string of the molecule is COC(=O)/C1=C\CC[C@]2(C)O[C@H]2CC/C(C(=O)OC)=C/C=C(/C(C)C)CC1. The van der Waals surface area contributed by atoms with E-state index in [2.05, 4.69) is 20.8 Å². The molecule has 0 aromatic heterocycles. The van der Waals surface area contributed by atoms with E-state index in [1.54, 1.807) is 0 Å². The van der Waals surface area contributed by atoms with Gasteiger partial charge in [-0.1, -0.05) is 37.6 Å². The molecule has 0 saturated carbocycles. The fraction of sp³-hybridized carbons (Fsp3) is 0.636. The molecule has 2 rings (SSSR count). The topological polar surface area (TPSA) is 65.1 Å². The molecule has 150 valence electrons. The van der Waals surface area contributed by atoms with Gasteiger partial charge in [0.1, 0.15) is 0 Å². The van der Waals surface area contributed by atoms with E-state index >= 15 is 0 Å². The molecule has 0 unspecified atom stereocenters. The first-order valence-corrected chi connectivity index (χ1v) is 9.73. The van der Waals surface area contributed by atoms with E-state index in [1.807, 2.05) is 18.2 Å². The van der Waals surface area contributed by atoms with Crippen molar-refractivity contribution in [2.75, 3.05) is 14.2 Å². The van der Waals surface area contributed by atoms with Crippen molar-refractivity contribution in [3.63, 3.8) is 0 Å². The molecule has 0 bridgehead atoms. The fourth-order valence-corrected chi connectivity index (χ4v) is 3.55. The summed E-state index contributed by atoms with van der Waals surface area (Å²) in [6.07, 6.45) is 10.4. The van der Waals surface area contributed by atoms with E-state index in [1.165, 1.54) is 19.8 Å². The summed E-state index contributed by atoms with van der Waals surface area (Å²) in [4.78, 5) is 24.3. The molecule has 1 fully saturated rings. The number of esters is 2. The van der Waals surface area contributed by atoms with E-state index in [0.717, 1.165) is 25.7 Å². The number of hydrogen-bond acceptors (Lipinski definition) is 5. The second kappa shape index (κ2) is 9.36. The van der Waals surface area contributed by atoms with Crippen LogP contribution in [-0.4, -0.2) is 37.9 Å². The van der Waals surface area contributed by atoms with Gasteiger partial charge in [-0.25, -0.2) is 9.59 Å². The zero-order chi connectivity index (χ0) is 20.0. The first-order chi connectivity index (χ1) is 12.8. The Morgan fingerprint density at radius 3 is 2.37 bits per heavy atom. The summed E-state index contributed by atoms with van der Waals surface area (Å²) in [5, 5.41) is 0. The minimum atomic E-state index is -0.293. The normalized spacial score (nSPS) is 32.5. The van der Waals surface area contributed by atoms with Crippen molar-refractivity contribution >= 4 is 11.9 Å². The van der Waals surface area contributed by atoms with Gasteiger partial charge in [0.15, 0.2) is 0 Å². The number of allylic oxidation sites excluding steroid dienone is 4. The van der Waals surface area contributed by atoms with Gasteiger partial charge in [-0.15, -0.1) is 0 Å². The molecule has 0 N–H and O–H groups in total. The second-order valence-electron chi connectivity index (χ2n) is 7.80. The Morgan fingerprint density at radius 1 is 1.07 bits per heavy atom. The highest BCUT2D eigenvalue weighted by atomic mass is 16.6. The predicted octanol–water partition coefficient (Wildman–Crippen LogP) is 4.28. The highest BCUT2D eigenvalue weighted by molar-refractivity contribution is 5.89. The van der Waals surface area contributed by atoms with Gasteiger partial charge in [-0.2, -0.15) is 0 Å². The van der Waals surface area contributed by atoms with Crippen molar-refractivity contribution in [1.29, 1.82) is 0 Å². The van der Waals surface area contributed by atoms with Crippen molar-refractivity contribution in [3.05, 3.63) is 34.9 Å². The number of carbonyl (C=O) groups excluding carboxylic acids is 2. The van der Waals surface area contributed by atoms with E-state index in [-0.39, 0.29) is 23.6 Å². The van der Waals surface area contributed by atoms with Crippen LogP contribution in [0.3, 0.4) is 0 Å². The van der Waals surface area contributed by atoms with Gasteiger partial charge in [0, 0.05) is 11.1 Å².